The predicted molar refractivity (Wildman–Crippen MR) is 74.6 cm³/mol. The van der Waals surface area contributed by atoms with Crippen LogP contribution in [0.1, 0.15) is 15.9 Å². The van der Waals surface area contributed by atoms with Crippen molar-refractivity contribution in [2.45, 2.75) is 10.8 Å². The van der Waals surface area contributed by atoms with E-state index < -0.39 is 11.8 Å². The molecule has 106 valence electrons. The molecule has 0 saturated carbocycles. The normalized spacial score (nSPS) is 10.9. The smallest absolute Gasteiger partial charge is 0.335 e. The van der Waals surface area contributed by atoms with Gasteiger partial charge in [-0.05, 0) is 23.8 Å². The minimum absolute atomic E-state index is 0.0695. The average Bonchev–Trinajstić information content (AvgIpc) is 2.93. The molecule has 3 rings (SSSR count). The van der Waals surface area contributed by atoms with E-state index in [0.29, 0.717) is 27.5 Å². The molecule has 0 amide bonds. The highest BCUT2D eigenvalue weighted by Gasteiger charge is 2.10. The largest absolute Gasteiger partial charge is 0.478 e. The monoisotopic (exact) mass is 304 g/mol. The Labute approximate surface area is 122 Å². The number of carboxylic acids is 1. The summed E-state index contributed by atoms with van der Waals surface area (Å²) < 4.78 is 13.4. The van der Waals surface area contributed by atoms with E-state index in [1.807, 2.05) is 0 Å². The quantitative estimate of drug-likeness (QED) is 0.568. The van der Waals surface area contributed by atoms with Crippen LogP contribution in [0, 0.1) is 5.82 Å². The van der Waals surface area contributed by atoms with Crippen molar-refractivity contribution < 1.29 is 14.3 Å². The number of thioether (sulfide) groups is 1. The molecule has 1 aromatic carbocycles. The number of aromatic amines is 1. The van der Waals surface area contributed by atoms with Crippen molar-refractivity contribution in [3.63, 3.8) is 0 Å². The molecule has 0 aliphatic carbocycles. The van der Waals surface area contributed by atoms with Crippen LogP contribution in [0.2, 0.25) is 0 Å². The lowest BCUT2D eigenvalue weighted by molar-refractivity contribution is 0.0696. The van der Waals surface area contributed by atoms with Gasteiger partial charge in [0.15, 0.2) is 5.65 Å². The molecule has 0 spiro atoms. The summed E-state index contributed by atoms with van der Waals surface area (Å²) in [6.07, 6.45) is 2.92. The third kappa shape index (κ3) is 2.84. The summed E-state index contributed by atoms with van der Waals surface area (Å²) in [5.41, 5.74) is 1.76. The Bertz CT molecular complexity index is 821. The first-order valence-corrected chi connectivity index (χ1v) is 6.91. The SMILES string of the molecule is O=C(O)c1cc(F)cc(CSc2ncnc3nc[nH]c23)c1. The highest BCUT2D eigenvalue weighted by molar-refractivity contribution is 7.98. The van der Waals surface area contributed by atoms with Gasteiger partial charge in [-0.15, -0.1) is 0 Å². The van der Waals surface area contributed by atoms with E-state index in [-0.39, 0.29) is 5.56 Å². The van der Waals surface area contributed by atoms with Crippen LogP contribution in [0.4, 0.5) is 4.39 Å². The molecule has 8 heteroatoms. The van der Waals surface area contributed by atoms with Gasteiger partial charge in [-0.1, -0.05) is 11.8 Å². The molecule has 0 aliphatic rings. The predicted octanol–water partition coefficient (Wildman–Crippen LogP) is 2.48. The minimum atomic E-state index is -1.15. The Morgan fingerprint density at radius 1 is 1.29 bits per heavy atom. The summed E-state index contributed by atoms with van der Waals surface area (Å²) in [7, 11) is 0. The van der Waals surface area contributed by atoms with Crippen molar-refractivity contribution in [3.05, 3.63) is 47.8 Å². The topological polar surface area (TPSA) is 91.8 Å². The zero-order valence-electron chi connectivity index (χ0n) is 10.6. The van der Waals surface area contributed by atoms with Crippen molar-refractivity contribution in [1.29, 1.82) is 0 Å². The maximum atomic E-state index is 13.4. The van der Waals surface area contributed by atoms with Crippen molar-refractivity contribution in [2.75, 3.05) is 0 Å². The van der Waals surface area contributed by atoms with Crippen LogP contribution in [0.15, 0.2) is 35.9 Å². The molecule has 0 radical (unpaired) electrons. The highest BCUT2D eigenvalue weighted by atomic mass is 32.2. The summed E-state index contributed by atoms with van der Waals surface area (Å²) in [6, 6.07) is 3.75. The van der Waals surface area contributed by atoms with Gasteiger partial charge >= 0.3 is 5.97 Å². The maximum absolute atomic E-state index is 13.4. The summed E-state index contributed by atoms with van der Waals surface area (Å²) in [6.45, 7) is 0. The number of halogens is 1. The molecule has 2 N–H and O–H groups in total. The Kier molecular flexibility index (Phi) is 3.53. The molecule has 2 heterocycles. The molecule has 2 aromatic heterocycles. The lowest BCUT2D eigenvalue weighted by Crippen LogP contribution is -1.98. The molecular formula is C13H9FN4O2S. The number of nitrogens with zero attached hydrogens (tertiary/aromatic N) is 3. The number of H-pyrrole nitrogens is 1. The molecule has 0 unspecified atom stereocenters. The molecule has 0 saturated heterocycles. The van der Waals surface area contributed by atoms with Gasteiger partial charge in [0.05, 0.1) is 11.9 Å². The Hall–Kier alpha value is -2.48. The number of carboxylic acid groups (broad SMARTS) is 1. The second-order valence-electron chi connectivity index (χ2n) is 4.22. The van der Waals surface area contributed by atoms with E-state index in [0.717, 1.165) is 6.07 Å². The van der Waals surface area contributed by atoms with Crippen LogP contribution < -0.4 is 0 Å². The molecule has 3 aromatic rings. The molecule has 0 atom stereocenters. The minimum Gasteiger partial charge on any atom is -0.478 e. The van der Waals surface area contributed by atoms with Gasteiger partial charge in [0.2, 0.25) is 0 Å². The van der Waals surface area contributed by atoms with Gasteiger partial charge in [-0.25, -0.2) is 24.1 Å². The van der Waals surface area contributed by atoms with Crippen molar-refractivity contribution in [1.82, 2.24) is 19.9 Å². The number of carbonyl (C=O) groups is 1. The molecule has 0 bridgehead atoms. The van der Waals surface area contributed by atoms with Gasteiger partial charge in [0, 0.05) is 5.75 Å². The number of benzene rings is 1. The van der Waals surface area contributed by atoms with Gasteiger partial charge in [0.1, 0.15) is 22.7 Å². The third-order valence-corrected chi connectivity index (χ3v) is 3.83. The van der Waals surface area contributed by atoms with E-state index in [4.69, 9.17) is 5.11 Å². The molecular weight excluding hydrogens is 295 g/mol. The number of nitrogens with one attached hydrogen (secondary N) is 1. The van der Waals surface area contributed by atoms with E-state index in [9.17, 15) is 9.18 Å². The van der Waals surface area contributed by atoms with E-state index in [1.165, 1.54) is 36.5 Å². The number of hydrogen-bond donors (Lipinski definition) is 2. The summed E-state index contributed by atoms with van der Waals surface area (Å²) in [5.74, 6) is -1.33. The number of rotatable bonds is 4. The molecule has 0 fully saturated rings. The van der Waals surface area contributed by atoms with Gasteiger partial charge in [0.25, 0.3) is 0 Å². The Morgan fingerprint density at radius 3 is 2.95 bits per heavy atom. The van der Waals surface area contributed by atoms with Crippen molar-refractivity contribution in [2.24, 2.45) is 0 Å². The summed E-state index contributed by atoms with van der Waals surface area (Å²) in [4.78, 5) is 26.0. The second kappa shape index (κ2) is 5.49. The number of imidazole rings is 1. The van der Waals surface area contributed by atoms with Crippen LogP contribution in [0.5, 0.6) is 0 Å². The third-order valence-electron chi connectivity index (χ3n) is 2.77. The lowest BCUT2D eigenvalue weighted by atomic mass is 10.1. The fourth-order valence-corrected chi connectivity index (χ4v) is 2.75. The first-order valence-electron chi connectivity index (χ1n) is 5.93. The number of aromatic carboxylic acids is 1. The second-order valence-corrected chi connectivity index (χ2v) is 5.19. The summed E-state index contributed by atoms with van der Waals surface area (Å²) >= 11 is 1.35. The lowest BCUT2D eigenvalue weighted by Gasteiger charge is -2.04. The zero-order valence-corrected chi connectivity index (χ0v) is 11.4. The highest BCUT2D eigenvalue weighted by Crippen LogP contribution is 2.26. The van der Waals surface area contributed by atoms with Crippen LogP contribution in [-0.4, -0.2) is 31.0 Å². The Balaban J connectivity index is 1.85. The van der Waals surface area contributed by atoms with Crippen molar-refractivity contribution in [3.8, 4) is 0 Å². The summed E-state index contributed by atoms with van der Waals surface area (Å²) in [5, 5.41) is 9.60. The van der Waals surface area contributed by atoms with Crippen LogP contribution in [0.25, 0.3) is 11.2 Å². The first kappa shape index (κ1) is 13.5. The Morgan fingerprint density at radius 2 is 2.14 bits per heavy atom. The van der Waals surface area contributed by atoms with E-state index in [1.54, 1.807) is 0 Å². The fourth-order valence-electron chi connectivity index (χ4n) is 1.86. The molecule has 21 heavy (non-hydrogen) atoms. The van der Waals surface area contributed by atoms with Crippen LogP contribution in [0.3, 0.4) is 0 Å². The molecule has 6 nitrogen and oxygen atoms in total. The van der Waals surface area contributed by atoms with Gasteiger partial charge in [-0.3, -0.25) is 0 Å². The van der Waals surface area contributed by atoms with E-state index in [2.05, 4.69) is 19.9 Å². The van der Waals surface area contributed by atoms with Crippen LogP contribution in [-0.2, 0) is 5.75 Å². The number of aromatic nitrogens is 4. The number of fused-ring (bicyclic) bond motifs is 1. The first-order chi connectivity index (χ1) is 10.1. The molecule has 0 aliphatic heterocycles. The average molecular weight is 304 g/mol. The van der Waals surface area contributed by atoms with E-state index >= 15 is 0 Å². The maximum Gasteiger partial charge on any atom is 0.335 e. The zero-order chi connectivity index (χ0) is 14.8. The van der Waals surface area contributed by atoms with Crippen molar-refractivity contribution >= 4 is 28.9 Å². The van der Waals surface area contributed by atoms with Gasteiger partial charge in [-0.2, -0.15) is 0 Å². The number of hydrogen-bond acceptors (Lipinski definition) is 5. The standard InChI is InChI=1S/C13H9FN4O2S/c14-9-2-7(1-8(3-9)13(19)20)4-21-12-10-11(16-5-15-10)17-6-18-12/h1-3,5-6H,4H2,(H,19,20)(H,15,16,17,18). The van der Waals surface area contributed by atoms with Gasteiger partial charge < -0.3 is 10.1 Å². The fraction of sp³-hybridized carbons (Fsp3) is 0.0769. The van der Waals surface area contributed by atoms with Crippen LogP contribution >= 0.6 is 11.8 Å².